The third kappa shape index (κ3) is 5.29. The second-order valence-electron chi connectivity index (χ2n) is 7.19. The lowest BCUT2D eigenvalue weighted by atomic mass is 10.0. The lowest BCUT2D eigenvalue weighted by Gasteiger charge is -2.27. The molecule has 5 amide bonds. The van der Waals surface area contributed by atoms with Gasteiger partial charge in [0.25, 0.3) is 11.8 Å². The summed E-state index contributed by atoms with van der Waals surface area (Å²) < 4.78 is 10.5. The molecule has 2 aliphatic rings. The molecule has 1 aromatic carbocycles. The van der Waals surface area contributed by atoms with Crippen LogP contribution in [-0.2, 0) is 23.9 Å². The van der Waals surface area contributed by atoms with E-state index in [0.717, 1.165) is 4.90 Å². The Hall–Kier alpha value is -3.31. The van der Waals surface area contributed by atoms with E-state index in [2.05, 4.69) is 16.0 Å². The maximum absolute atomic E-state index is 13.0. The number of rotatable bonds is 11. The van der Waals surface area contributed by atoms with Gasteiger partial charge in [-0.3, -0.25) is 34.2 Å². The summed E-state index contributed by atoms with van der Waals surface area (Å²) in [6.07, 6.45) is 0.123. The van der Waals surface area contributed by atoms with Gasteiger partial charge in [0.2, 0.25) is 17.7 Å². The third-order valence-electron chi connectivity index (χ3n) is 5.05. The lowest BCUT2D eigenvalue weighted by Crippen LogP contribution is -2.54. The molecular weight excluding hydrogens is 420 g/mol. The van der Waals surface area contributed by atoms with Crippen LogP contribution in [0.15, 0.2) is 18.2 Å². The summed E-state index contributed by atoms with van der Waals surface area (Å²) in [5, 5.41) is 7.72. The summed E-state index contributed by atoms with van der Waals surface area (Å²) in [6, 6.07) is 3.62. The first kappa shape index (κ1) is 23.4. The smallest absolute Gasteiger partial charge is 0.264 e. The summed E-state index contributed by atoms with van der Waals surface area (Å²) in [5.74, 6) is -2.65. The standard InChI is InChI=1S/C21H26N4O7/c1-2-31-10-11-32-9-8-22-17(27)12-23-14-5-3-4-13-18(14)21(30)25(20(13)29)15-6-7-16(26)24-19(15)28/h3-5,15,23H,2,6-12H2,1H3,(H,22,27)(H,24,26,28). The van der Waals surface area contributed by atoms with E-state index in [1.165, 1.54) is 6.07 Å². The Kier molecular flexibility index (Phi) is 7.90. The van der Waals surface area contributed by atoms with Crippen molar-refractivity contribution in [1.82, 2.24) is 15.5 Å². The van der Waals surface area contributed by atoms with Gasteiger partial charge in [0, 0.05) is 25.3 Å². The summed E-state index contributed by atoms with van der Waals surface area (Å²) in [7, 11) is 0. The van der Waals surface area contributed by atoms with Crippen LogP contribution in [0.4, 0.5) is 5.69 Å². The first-order valence-corrected chi connectivity index (χ1v) is 10.4. The van der Waals surface area contributed by atoms with Crippen molar-refractivity contribution in [1.29, 1.82) is 0 Å². The van der Waals surface area contributed by atoms with Gasteiger partial charge < -0.3 is 20.1 Å². The van der Waals surface area contributed by atoms with E-state index in [1.807, 2.05) is 6.92 Å². The van der Waals surface area contributed by atoms with Crippen molar-refractivity contribution in [2.45, 2.75) is 25.8 Å². The molecule has 1 saturated heterocycles. The van der Waals surface area contributed by atoms with Crippen LogP contribution < -0.4 is 16.0 Å². The zero-order valence-corrected chi connectivity index (χ0v) is 17.8. The molecule has 1 unspecified atom stereocenters. The van der Waals surface area contributed by atoms with Gasteiger partial charge in [-0.1, -0.05) is 6.07 Å². The van der Waals surface area contributed by atoms with Gasteiger partial charge >= 0.3 is 0 Å². The van der Waals surface area contributed by atoms with E-state index in [0.29, 0.717) is 38.7 Å². The average Bonchev–Trinajstić information content (AvgIpc) is 3.02. The molecule has 32 heavy (non-hydrogen) atoms. The Morgan fingerprint density at radius 2 is 1.91 bits per heavy atom. The van der Waals surface area contributed by atoms with Crippen LogP contribution in [0, 0.1) is 0 Å². The van der Waals surface area contributed by atoms with Crippen LogP contribution >= 0.6 is 0 Å². The quantitative estimate of drug-likeness (QED) is 0.310. The predicted octanol–water partition coefficient (Wildman–Crippen LogP) is -0.331. The molecule has 2 heterocycles. The van der Waals surface area contributed by atoms with Crippen molar-refractivity contribution in [3.63, 3.8) is 0 Å². The number of carbonyl (C=O) groups is 5. The zero-order valence-electron chi connectivity index (χ0n) is 17.8. The molecule has 0 spiro atoms. The van der Waals surface area contributed by atoms with Gasteiger partial charge in [-0.05, 0) is 25.5 Å². The molecule has 0 saturated carbocycles. The summed E-state index contributed by atoms with van der Waals surface area (Å²) >= 11 is 0. The number of nitrogens with zero attached hydrogens (tertiary/aromatic N) is 1. The fraction of sp³-hybridized carbons (Fsp3) is 0.476. The van der Waals surface area contributed by atoms with Gasteiger partial charge in [-0.15, -0.1) is 0 Å². The molecule has 1 fully saturated rings. The topological polar surface area (TPSA) is 143 Å². The molecule has 1 aromatic rings. The molecule has 3 rings (SSSR count). The molecule has 172 valence electrons. The Morgan fingerprint density at radius 1 is 1.12 bits per heavy atom. The fourth-order valence-electron chi connectivity index (χ4n) is 3.53. The number of imide groups is 2. The number of hydrogen-bond donors (Lipinski definition) is 3. The van der Waals surface area contributed by atoms with Crippen LogP contribution in [0.3, 0.4) is 0 Å². The molecule has 1 atom stereocenters. The predicted molar refractivity (Wildman–Crippen MR) is 112 cm³/mol. The van der Waals surface area contributed by atoms with Gasteiger partial charge in [0.05, 0.1) is 37.5 Å². The van der Waals surface area contributed by atoms with Gasteiger partial charge in [0.15, 0.2) is 0 Å². The number of benzene rings is 1. The zero-order chi connectivity index (χ0) is 23.1. The van der Waals surface area contributed by atoms with Gasteiger partial charge in [-0.2, -0.15) is 0 Å². The maximum atomic E-state index is 13.0. The SMILES string of the molecule is CCOCCOCCNC(=O)CNc1cccc2c1C(=O)N(C1CCC(=O)NC1=O)C2=O. The summed E-state index contributed by atoms with van der Waals surface area (Å²) in [6.45, 7) is 3.99. The van der Waals surface area contributed by atoms with Crippen LogP contribution in [0.25, 0.3) is 0 Å². The molecule has 11 nitrogen and oxygen atoms in total. The number of ether oxygens (including phenoxy) is 2. The highest BCUT2D eigenvalue weighted by Gasteiger charge is 2.45. The Bertz CT molecular complexity index is 917. The highest BCUT2D eigenvalue weighted by molar-refractivity contribution is 6.25. The maximum Gasteiger partial charge on any atom is 0.264 e. The molecular formula is C21H26N4O7. The van der Waals surface area contributed by atoms with E-state index in [-0.39, 0.29) is 36.4 Å². The summed E-state index contributed by atoms with van der Waals surface area (Å²) in [4.78, 5) is 62.3. The number of anilines is 1. The number of piperidine rings is 1. The minimum absolute atomic E-state index is 0.0461. The number of amides is 5. The highest BCUT2D eigenvalue weighted by Crippen LogP contribution is 2.32. The van der Waals surface area contributed by atoms with Crippen molar-refractivity contribution in [2.24, 2.45) is 0 Å². The number of hydrogen-bond acceptors (Lipinski definition) is 8. The molecule has 3 N–H and O–H groups in total. The molecule has 0 radical (unpaired) electrons. The second-order valence-corrected chi connectivity index (χ2v) is 7.19. The Balaban J connectivity index is 1.56. The van der Waals surface area contributed by atoms with Gasteiger partial charge in [-0.25, -0.2) is 0 Å². The number of carbonyl (C=O) groups excluding carboxylic acids is 5. The molecule has 2 aliphatic heterocycles. The van der Waals surface area contributed by atoms with E-state index >= 15 is 0 Å². The number of nitrogens with one attached hydrogen (secondary N) is 3. The minimum Gasteiger partial charge on any atom is -0.379 e. The molecule has 0 bridgehead atoms. The third-order valence-corrected chi connectivity index (χ3v) is 5.05. The van der Waals surface area contributed by atoms with E-state index in [4.69, 9.17) is 9.47 Å². The monoisotopic (exact) mass is 446 g/mol. The lowest BCUT2D eigenvalue weighted by molar-refractivity contribution is -0.136. The first-order chi connectivity index (χ1) is 15.4. The Morgan fingerprint density at radius 3 is 2.66 bits per heavy atom. The molecule has 0 aliphatic carbocycles. The van der Waals surface area contributed by atoms with Crippen molar-refractivity contribution >= 4 is 35.2 Å². The van der Waals surface area contributed by atoms with E-state index in [9.17, 15) is 24.0 Å². The normalized spacial score (nSPS) is 17.9. The van der Waals surface area contributed by atoms with Crippen molar-refractivity contribution < 1.29 is 33.4 Å². The van der Waals surface area contributed by atoms with Crippen LogP contribution in [0.1, 0.15) is 40.5 Å². The fourth-order valence-corrected chi connectivity index (χ4v) is 3.53. The van der Waals surface area contributed by atoms with Crippen LogP contribution in [0.5, 0.6) is 0 Å². The van der Waals surface area contributed by atoms with Crippen LogP contribution in [-0.4, -0.2) is 80.0 Å². The second kappa shape index (κ2) is 10.8. The average molecular weight is 446 g/mol. The van der Waals surface area contributed by atoms with Crippen molar-refractivity contribution in [2.75, 3.05) is 44.8 Å². The summed E-state index contributed by atoms with van der Waals surface area (Å²) in [5.41, 5.74) is 0.570. The van der Waals surface area contributed by atoms with Crippen molar-refractivity contribution in [3.05, 3.63) is 29.3 Å². The molecule has 0 aromatic heterocycles. The first-order valence-electron chi connectivity index (χ1n) is 10.4. The van der Waals surface area contributed by atoms with E-state index < -0.39 is 29.7 Å². The van der Waals surface area contributed by atoms with Crippen LogP contribution in [0.2, 0.25) is 0 Å². The largest absolute Gasteiger partial charge is 0.379 e. The molecule has 11 heteroatoms. The number of fused-ring (bicyclic) bond motifs is 1. The van der Waals surface area contributed by atoms with Gasteiger partial charge in [0.1, 0.15) is 6.04 Å². The van der Waals surface area contributed by atoms with Crippen molar-refractivity contribution in [3.8, 4) is 0 Å². The minimum atomic E-state index is -1.04. The highest BCUT2D eigenvalue weighted by atomic mass is 16.5. The Labute approximate surface area is 184 Å². The van der Waals surface area contributed by atoms with E-state index in [1.54, 1.807) is 12.1 Å².